The molecule has 0 aliphatic rings. The highest BCUT2D eigenvalue weighted by Gasteiger charge is 2.22. The Morgan fingerprint density at radius 3 is 2.62 bits per heavy atom. The molecule has 0 spiro atoms. The summed E-state index contributed by atoms with van der Waals surface area (Å²) < 4.78 is 0.773. The first kappa shape index (κ1) is 13.2. The molecular formula is C11H13BrO4. The van der Waals surface area contributed by atoms with E-state index >= 15 is 0 Å². The van der Waals surface area contributed by atoms with Crippen LogP contribution >= 0.6 is 15.9 Å². The minimum atomic E-state index is -1.30. The van der Waals surface area contributed by atoms with E-state index in [1.807, 2.05) is 6.07 Å². The number of carboxylic acid groups (broad SMARTS) is 1. The number of benzene rings is 1. The lowest BCUT2D eigenvalue weighted by molar-refractivity contribution is -0.141. The average molecular weight is 289 g/mol. The molecule has 3 N–H and O–H groups in total. The fourth-order valence-electron chi connectivity index (χ4n) is 1.43. The quantitative estimate of drug-likeness (QED) is 0.787. The average Bonchev–Trinajstić information content (AvgIpc) is 2.19. The van der Waals surface area contributed by atoms with Crippen molar-refractivity contribution in [2.45, 2.75) is 25.6 Å². The number of hydrogen-bond donors (Lipinski definition) is 3. The molecule has 0 radical (unpaired) electrons. The number of aliphatic hydroxyl groups excluding tert-OH is 2. The number of aliphatic carboxylic acids is 1. The summed E-state index contributed by atoms with van der Waals surface area (Å²) in [5.41, 5.74) is 1.34. The standard InChI is InChI=1S/C11H13BrO4/c1-6-2-3-7(12)4-8(6)11(16)9(13)5-10(14)15/h2-4,9,11,13,16H,5H2,1H3,(H,14,15). The molecule has 5 heteroatoms. The fraction of sp³-hybridized carbons (Fsp3) is 0.364. The Labute approximate surface area is 102 Å². The molecule has 2 atom stereocenters. The summed E-state index contributed by atoms with van der Waals surface area (Å²) in [6.45, 7) is 1.79. The summed E-state index contributed by atoms with van der Waals surface area (Å²) in [6, 6.07) is 5.27. The topological polar surface area (TPSA) is 77.8 Å². The van der Waals surface area contributed by atoms with Crippen molar-refractivity contribution in [1.82, 2.24) is 0 Å². The van der Waals surface area contributed by atoms with Gasteiger partial charge >= 0.3 is 5.97 Å². The molecule has 1 rings (SSSR count). The van der Waals surface area contributed by atoms with E-state index in [1.165, 1.54) is 0 Å². The van der Waals surface area contributed by atoms with Crippen LogP contribution in [0.25, 0.3) is 0 Å². The summed E-state index contributed by atoms with van der Waals surface area (Å²) in [5, 5.41) is 27.8. The molecule has 0 aliphatic carbocycles. The van der Waals surface area contributed by atoms with Crippen molar-refractivity contribution < 1.29 is 20.1 Å². The van der Waals surface area contributed by atoms with Gasteiger partial charge in [-0.1, -0.05) is 22.0 Å². The molecule has 0 aliphatic heterocycles. The first-order valence-corrected chi connectivity index (χ1v) is 5.55. The Hall–Kier alpha value is -0.910. The maximum absolute atomic E-state index is 10.4. The molecule has 1 aromatic rings. The maximum Gasteiger partial charge on any atom is 0.306 e. The second-order valence-corrected chi connectivity index (χ2v) is 4.53. The van der Waals surface area contributed by atoms with Gasteiger partial charge in [0, 0.05) is 4.47 Å². The lowest BCUT2D eigenvalue weighted by Gasteiger charge is -2.18. The summed E-state index contributed by atoms with van der Waals surface area (Å²) >= 11 is 3.26. The molecule has 0 aromatic heterocycles. The molecule has 0 saturated heterocycles. The van der Waals surface area contributed by atoms with Crippen molar-refractivity contribution in [3.05, 3.63) is 33.8 Å². The van der Waals surface area contributed by atoms with Gasteiger partial charge in [0.2, 0.25) is 0 Å². The van der Waals surface area contributed by atoms with Crippen LogP contribution in [0.5, 0.6) is 0 Å². The maximum atomic E-state index is 10.4. The number of hydrogen-bond acceptors (Lipinski definition) is 3. The van der Waals surface area contributed by atoms with Gasteiger partial charge < -0.3 is 15.3 Å². The van der Waals surface area contributed by atoms with E-state index in [2.05, 4.69) is 15.9 Å². The van der Waals surface area contributed by atoms with Crippen LogP contribution < -0.4 is 0 Å². The van der Waals surface area contributed by atoms with Gasteiger partial charge in [0.25, 0.3) is 0 Å². The molecular weight excluding hydrogens is 276 g/mol. The lowest BCUT2D eigenvalue weighted by Crippen LogP contribution is -2.22. The second kappa shape index (κ2) is 5.43. The number of carbonyl (C=O) groups is 1. The van der Waals surface area contributed by atoms with Gasteiger partial charge in [-0.25, -0.2) is 0 Å². The fourth-order valence-corrected chi connectivity index (χ4v) is 1.81. The molecule has 88 valence electrons. The van der Waals surface area contributed by atoms with Gasteiger partial charge in [-0.15, -0.1) is 0 Å². The summed E-state index contributed by atoms with van der Waals surface area (Å²) in [5.74, 6) is -1.14. The third kappa shape index (κ3) is 3.30. The lowest BCUT2D eigenvalue weighted by atomic mass is 9.98. The smallest absolute Gasteiger partial charge is 0.306 e. The SMILES string of the molecule is Cc1ccc(Br)cc1C(O)C(O)CC(=O)O. The highest BCUT2D eigenvalue weighted by atomic mass is 79.9. The van der Waals surface area contributed by atoms with Crippen molar-refractivity contribution in [3.63, 3.8) is 0 Å². The van der Waals surface area contributed by atoms with E-state index in [0.29, 0.717) is 5.56 Å². The first-order chi connectivity index (χ1) is 7.41. The Morgan fingerprint density at radius 1 is 1.44 bits per heavy atom. The van der Waals surface area contributed by atoms with Crippen molar-refractivity contribution in [2.24, 2.45) is 0 Å². The van der Waals surface area contributed by atoms with Gasteiger partial charge in [0.05, 0.1) is 12.5 Å². The van der Waals surface area contributed by atoms with Gasteiger partial charge in [-0.05, 0) is 30.2 Å². The van der Waals surface area contributed by atoms with E-state index in [-0.39, 0.29) is 0 Å². The van der Waals surface area contributed by atoms with E-state index in [0.717, 1.165) is 10.0 Å². The van der Waals surface area contributed by atoms with E-state index < -0.39 is 24.6 Å². The Kier molecular flexibility index (Phi) is 4.46. The number of rotatable bonds is 4. The number of halogens is 1. The first-order valence-electron chi connectivity index (χ1n) is 4.75. The van der Waals surface area contributed by atoms with Crippen LogP contribution in [0, 0.1) is 6.92 Å². The highest BCUT2D eigenvalue weighted by Crippen LogP contribution is 2.25. The Morgan fingerprint density at radius 2 is 2.06 bits per heavy atom. The second-order valence-electron chi connectivity index (χ2n) is 3.61. The number of aryl methyl sites for hydroxylation is 1. The number of carboxylic acids is 1. The van der Waals surface area contributed by atoms with Gasteiger partial charge in [-0.2, -0.15) is 0 Å². The van der Waals surface area contributed by atoms with Crippen molar-refractivity contribution in [2.75, 3.05) is 0 Å². The zero-order valence-electron chi connectivity index (χ0n) is 8.72. The Bertz CT molecular complexity index is 392. The normalized spacial score (nSPS) is 14.5. The van der Waals surface area contributed by atoms with Crippen LogP contribution in [0.4, 0.5) is 0 Å². The Balaban J connectivity index is 2.90. The third-order valence-electron chi connectivity index (χ3n) is 2.31. The largest absolute Gasteiger partial charge is 0.481 e. The van der Waals surface area contributed by atoms with E-state index in [1.54, 1.807) is 19.1 Å². The van der Waals surface area contributed by atoms with Crippen LogP contribution in [0.3, 0.4) is 0 Å². The zero-order chi connectivity index (χ0) is 12.3. The van der Waals surface area contributed by atoms with Crippen molar-refractivity contribution >= 4 is 21.9 Å². The van der Waals surface area contributed by atoms with Crippen LogP contribution in [0.1, 0.15) is 23.7 Å². The van der Waals surface area contributed by atoms with E-state index in [4.69, 9.17) is 5.11 Å². The van der Waals surface area contributed by atoms with E-state index in [9.17, 15) is 15.0 Å². The van der Waals surface area contributed by atoms with Crippen molar-refractivity contribution in [3.8, 4) is 0 Å². The molecule has 0 fully saturated rings. The highest BCUT2D eigenvalue weighted by molar-refractivity contribution is 9.10. The molecule has 0 heterocycles. The molecule has 16 heavy (non-hydrogen) atoms. The van der Waals surface area contributed by atoms with Crippen LogP contribution in [0.15, 0.2) is 22.7 Å². The zero-order valence-corrected chi connectivity index (χ0v) is 10.3. The van der Waals surface area contributed by atoms with Gasteiger partial charge in [-0.3, -0.25) is 4.79 Å². The van der Waals surface area contributed by atoms with Crippen LogP contribution in [-0.4, -0.2) is 27.4 Å². The molecule has 0 amide bonds. The summed E-state index contributed by atoms with van der Waals surface area (Å²) in [4.78, 5) is 10.4. The third-order valence-corrected chi connectivity index (χ3v) is 2.80. The minimum Gasteiger partial charge on any atom is -0.481 e. The van der Waals surface area contributed by atoms with Gasteiger partial charge in [0.1, 0.15) is 6.10 Å². The summed E-state index contributed by atoms with van der Waals surface area (Å²) in [6.07, 6.45) is -2.97. The van der Waals surface area contributed by atoms with Crippen LogP contribution in [-0.2, 0) is 4.79 Å². The molecule has 0 saturated carbocycles. The summed E-state index contributed by atoms with van der Waals surface area (Å²) in [7, 11) is 0. The van der Waals surface area contributed by atoms with Crippen LogP contribution in [0.2, 0.25) is 0 Å². The predicted octanol–water partition coefficient (Wildman–Crippen LogP) is 1.63. The minimum absolute atomic E-state index is 0.479. The predicted molar refractivity (Wildman–Crippen MR) is 62.1 cm³/mol. The molecule has 4 nitrogen and oxygen atoms in total. The van der Waals surface area contributed by atoms with Gasteiger partial charge in [0.15, 0.2) is 0 Å². The van der Waals surface area contributed by atoms with Crippen molar-refractivity contribution in [1.29, 1.82) is 0 Å². The molecule has 0 bridgehead atoms. The molecule has 1 aromatic carbocycles. The number of aliphatic hydroxyl groups is 2. The monoisotopic (exact) mass is 288 g/mol. The molecule has 2 unspecified atom stereocenters.